The largest absolute Gasteiger partial charge is 0.310 e. The standard InChI is InChI=1S/C59H33BN2/c1-2-15-34(16-3-1)35-20-10-22-37-36(35)21-11-23-38(37)45-33-49-58-53-57(45)61-52-32-9-6-19-41(52)42-25-13-30-50(55(42)61)60(53)51-31-14-26-44-43-24-12-29-48(54(43)62(58)56(44)51)59(49)46-27-7-4-17-39(46)40-18-5-8-28-47(40)59/h1-33H. The smallest absolute Gasteiger partial charge is 0.252 e. The van der Waals surface area contributed by atoms with Gasteiger partial charge in [-0.15, -0.1) is 0 Å². The number of para-hydroxylation sites is 4. The van der Waals surface area contributed by atoms with Crippen LogP contribution in [0.4, 0.5) is 0 Å². The van der Waals surface area contributed by atoms with Gasteiger partial charge in [0.1, 0.15) is 0 Å². The maximum absolute atomic E-state index is 2.71. The molecule has 0 fully saturated rings. The van der Waals surface area contributed by atoms with Crippen molar-refractivity contribution in [2.75, 3.05) is 0 Å². The SMILES string of the molecule is c1ccc(-c2cccc3c(-c4cc5c6c7c4-n4c8ccccc8c8cccc(c84)B7c4cccc7c8cccc(c8n-6c47)C54c5ccccc5-c5ccccc54)cccc23)cc1. The number of benzene rings is 10. The molecule has 0 N–H and O–H groups in total. The number of hydrogen-bond acceptors (Lipinski definition) is 0. The summed E-state index contributed by atoms with van der Waals surface area (Å²) < 4.78 is 5.38. The molecule has 10 aromatic carbocycles. The topological polar surface area (TPSA) is 9.86 Å². The van der Waals surface area contributed by atoms with Crippen molar-refractivity contribution in [2.24, 2.45) is 0 Å². The van der Waals surface area contributed by atoms with E-state index in [0.717, 1.165) is 0 Å². The van der Waals surface area contributed by atoms with Crippen LogP contribution in [0.2, 0.25) is 0 Å². The molecular formula is C59H33BN2. The Morgan fingerprint density at radius 1 is 0.323 bits per heavy atom. The lowest BCUT2D eigenvalue weighted by molar-refractivity contribution is 0.749. The Balaban J connectivity index is 1.19. The highest BCUT2D eigenvalue weighted by molar-refractivity contribution is 7.00. The second-order valence-electron chi connectivity index (χ2n) is 17.8. The summed E-state index contributed by atoms with van der Waals surface area (Å²) in [6.07, 6.45) is 0. The van der Waals surface area contributed by atoms with E-state index in [4.69, 9.17) is 0 Å². The van der Waals surface area contributed by atoms with Crippen molar-refractivity contribution < 1.29 is 0 Å². The summed E-state index contributed by atoms with van der Waals surface area (Å²) in [6.45, 7) is 0.0278. The summed E-state index contributed by atoms with van der Waals surface area (Å²) in [5.41, 5.74) is 24.7. The molecule has 1 aliphatic carbocycles. The van der Waals surface area contributed by atoms with Crippen molar-refractivity contribution in [1.82, 2.24) is 9.13 Å². The van der Waals surface area contributed by atoms with Crippen LogP contribution in [0.5, 0.6) is 0 Å². The van der Waals surface area contributed by atoms with Crippen molar-refractivity contribution in [3.63, 3.8) is 0 Å². The molecule has 3 heteroatoms. The Bertz CT molecular complexity index is 4010. The van der Waals surface area contributed by atoms with Gasteiger partial charge in [-0.05, 0) is 89.4 Å². The first-order valence-corrected chi connectivity index (χ1v) is 21.9. The van der Waals surface area contributed by atoms with E-state index < -0.39 is 5.41 Å². The molecule has 1 spiro atoms. The predicted octanol–water partition coefficient (Wildman–Crippen LogP) is 12.2. The third-order valence-corrected chi connectivity index (χ3v) is 15.3. The van der Waals surface area contributed by atoms with E-state index >= 15 is 0 Å². The zero-order valence-electron chi connectivity index (χ0n) is 33.5. The summed E-state index contributed by atoms with van der Waals surface area (Å²) in [5, 5.41) is 7.80. The number of nitrogens with zero attached hydrogens (tertiary/aromatic N) is 2. The van der Waals surface area contributed by atoms with Gasteiger partial charge in [-0.1, -0.05) is 188 Å². The Kier molecular flexibility index (Phi) is 5.62. The minimum absolute atomic E-state index is 0.0278. The number of fused-ring (bicyclic) bond motifs is 15. The van der Waals surface area contributed by atoms with Crippen LogP contribution in [0.15, 0.2) is 200 Å². The van der Waals surface area contributed by atoms with Gasteiger partial charge in [0.25, 0.3) is 6.71 Å². The van der Waals surface area contributed by atoms with E-state index in [0.29, 0.717) is 0 Å². The summed E-state index contributed by atoms with van der Waals surface area (Å²) in [7, 11) is 0. The minimum Gasteiger partial charge on any atom is -0.310 e. The lowest BCUT2D eigenvalue weighted by atomic mass is 9.33. The first-order valence-electron chi connectivity index (χ1n) is 21.9. The summed E-state index contributed by atoms with van der Waals surface area (Å²) in [4.78, 5) is 0. The van der Waals surface area contributed by atoms with Crippen LogP contribution < -0.4 is 16.4 Å². The molecule has 0 bridgehead atoms. The molecule has 0 saturated carbocycles. The fourth-order valence-electron chi connectivity index (χ4n) is 13.2. The van der Waals surface area contributed by atoms with Crippen LogP contribution in [0.3, 0.4) is 0 Å². The molecule has 62 heavy (non-hydrogen) atoms. The van der Waals surface area contributed by atoms with E-state index in [-0.39, 0.29) is 6.71 Å². The summed E-state index contributed by atoms with van der Waals surface area (Å²) in [6, 6.07) is 76.4. The maximum Gasteiger partial charge on any atom is 0.252 e. The van der Waals surface area contributed by atoms with E-state index in [9.17, 15) is 0 Å². The molecule has 0 unspecified atom stereocenters. The molecule has 5 heterocycles. The first-order chi connectivity index (χ1) is 30.8. The molecule has 3 aliphatic heterocycles. The maximum atomic E-state index is 2.71. The second-order valence-corrected chi connectivity index (χ2v) is 17.8. The van der Waals surface area contributed by atoms with Crippen LogP contribution >= 0.6 is 0 Å². The highest BCUT2D eigenvalue weighted by atomic mass is 15.1. The molecule has 4 aliphatic rings. The third-order valence-electron chi connectivity index (χ3n) is 15.3. The molecule has 2 aromatic heterocycles. The van der Waals surface area contributed by atoms with E-state index in [1.54, 1.807) is 0 Å². The Hall–Kier alpha value is -7.88. The van der Waals surface area contributed by atoms with Gasteiger partial charge in [0.05, 0.1) is 22.1 Å². The predicted molar refractivity (Wildman–Crippen MR) is 259 cm³/mol. The third kappa shape index (κ3) is 3.44. The molecule has 0 amide bonds. The van der Waals surface area contributed by atoms with E-state index in [1.807, 2.05) is 0 Å². The molecule has 12 aromatic rings. The lowest BCUT2D eigenvalue weighted by Crippen LogP contribution is -2.60. The van der Waals surface area contributed by atoms with Gasteiger partial charge in [-0.3, -0.25) is 0 Å². The average Bonchev–Trinajstić information content (AvgIpc) is 3.97. The molecule has 282 valence electrons. The number of hydrogen-bond donors (Lipinski definition) is 0. The second kappa shape index (κ2) is 10.9. The fraction of sp³-hybridized carbons (Fsp3) is 0.0169. The van der Waals surface area contributed by atoms with Gasteiger partial charge in [0.15, 0.2) is 0 Å². The van der Waals surface area contributed by atoms with Gasteiger partial charge in [-0.25, -0.2) is 0 Å². The van der Waals surface area contributed by atoms with Crippen LogP contribution in [-0.4, -0.2) is 15.8 Å². The van der Waals surface area contributed by atoms with Crippen molar-refractivity contribution in [3.8, 4) is 44.8 Å². The lowest BCUT2D eigenvalue weighted by Gasteiger charge is -2.44. The van der Waals surface area contributed by atoms with E-state index in [1.165, 1.54) is 138 Å². The number of aromatic nitrogens is 2. The van der Waals surface area contributed by atoms with Crippen molar-refractivity contribution in [2.45, 2.75) is 5.41 Å². The Morgan fingerprint density at radius 3 is 1.60 bits per heavy atom. The summed E-state index contributed by atoms with van der Waals surface area (Å²) >= 11 is 0. The molecule has 0 radical (unpaired) electrons. The molecule has 0 saturated heterocycles. The summed E-state index contributed by atoms with van der Waals surface area (Å²) in [5.74, 6) is 0. The minimum atomic E-state index is -0.553. The Morgan fingerprint density at radius 2 is 0.839 bits per heavy atom. The molecular weight excluding hydrogens is 747 g/mol. The highest BCUT2D eigenvalue weighted by Gasteiger charge is 2.54. The van der Waals surface area contributed by atoms with Gasteiger partial charge in [-0.2, -0.15) is 0 Å². The molecule has 16 rings (SSSR count). The van der Waals surface area contributed by atoms with Crippen LogP contribution in [-0.2, 0) is 5.41 Å². The van der Waals surface area contributed by atoms with Crippen molar-refractivity contribution in [3.05, 3.63) is 222 Å². The van der Waals surface area contributed by atoms with Crippen LogP contribution in [0, 0.1) is 0 Å². The zero-order valence-corrected chi connectivity index (χ0v) is 33.5. The fourth-order valence-corrected chi connectivity index (χ4v) is 13.2. The van der Waals surface area contributed by atoms with Crippen molar-refractivity contribution >= 4 is 77.5 Å². The first kappa shape index (κ1) is 32.0. The Labute approximate surface area is 357 Å². The van der Waals surface area contributed by atoms with Crippen LogP contribution in [0.25, 0.3) is 99.1 Å². The van der Waals surface area contributed by atoms with Gasteiger partial charge < -0.3 is 9.13 Å². The number of rotatable bonds is 2. The van der Waals surface area contributed by atoms with Gasteiger partial charge in [0.2, 0.25) is 0 Å². The van der Waals surface area contributed by atoms with Gasteiger partial charge in [0, 0.05) is 43.8 Å². The van der Waals surface area contributed by atoms with Gasteiger partial charge >= 0.3 is 0 Å². The average molecular weight is 781 g/mol. The highest BCUT2D eigenvalue weighted by Crippen LogP contribution is 2.62. The quantitative estimate of drug-likeness (QED) is 0.155. The molecule has 0 atom stereocenters. The normalized spacial score (nSPS) is 14.2. The zero-order chi connectivity index (χ0) is 40.0. The monoisotopic (exact) mass is 780 g/mol. The van der Waals surface area contributed by atoms with E-state index in [2.05, 4.69) is 209 Å². The van der Waals surface area contributed by atoms with Crippen LogP contribution in [0.1, 0.15) is 22.3 Å². The van der Waals surface area contributed by atoms with Crippen molar-refractivity contribution in [1.29, 1.82) is 0 Å². The molecule has 2 nitrogen and oxygen atoms in total.